The zero-order chi connectivity index (χ0) is 18.1. The highest BCUT2D eigenvalue weighted by atomic mass is 19.3. The molecule has 0 amide bonds. The fourth-order valence-electron chi connectivity index (χ4n) is 2.52. The lowest BCUT2D eigenvalue weighted by Crippen LogP contribution is -2.16. The van der Waals surface area contributed by atoms with Crippen LogP contribution in [0, 0.1) is 11.6 Å². The van der Waals surface area contributed by atoms with Crippen LogP contribution in [-0.2, 0) is 4.74 Å². The number of hydrogen-bond donors (Lipinski definition) is 0. The van der Waals surface area contributed by atoms with Gasteiger partial charge in [-0.15, -0.1) is 0 Å². The highest BCUT2D eigenvalue weighted by molar-refractivity contribution is 5.90. The zero-order valence-electron chi connectivity index (χ0n) is 12.9. The largest absolute Gasteiger partial charge is 0.451 e. The smallest absolute Gasteiger partial charge is 0.344 e. The molecule has 0 saturated carbocycles. The number of aromatic nitrogens is 2. The quantitative estimate of drug-likeness (QED) is 0.508. The minimum atomic E-state index is -2.92. The zero-order valence-corrected chi connectivity index (χ0v) is 12.9. The van der Waals surface area contributed by atoms with Crippen LogP contribution >= 0.6 is 0 Å². The molecule has 1 aromatic heterocycles. The van der Waals surface area contributed by atoms with Crippen LogP contribution in [0.25, 0.3) is 11.0 Å². The molecule has 0 saturated heterocycles. The Kier molecular flexibility index (Phi) is 4.43. The van der Waals surface area contributed by atoms with Gasteiger partial charge >= 0.3 is 12.5 Å². The topological polar surface area (TPSA) is 44.1 Å². The van der Waals surface area contributed by atoms with E-state index in [0.717, 1.165) is 18.2 Å². The van der Waals surface area contributed by atoms with Gasteiger partial charge < -0.3 is 4.74 Å². The maximum Gasteiger partial charge on any atom is 0.344 e. The molecule has 0 aliphatic carbocycles. The second kappa shape index (κ2) is 6.54. The minimum Gasteiger partial charge on any atom is -0.451 e. The summed E-state index contributed by atoms with van der Waals surface area (Å²) in [4.78, 5) is 16.1. The van der Waals surface area contributed by atoms with E-state index in [-0.39, 0.29) is 16.9 Å². The Morgan fingerprint density at radius 1 is 1.08 bits per heavy atom. The van der Waals surface area contributed by atoms with Crippen molar-refractivity contribution < 1.29 is 27.1 Å². The average Bonchev–Trinajstić information content (AvgIpc) is 2.94. The van der Waals surface area contributed by atoms with E-state index in [4.69, 9.17) is 4.74 Å². The third-order valence-electron chi connectivity index (χ3n) is 3.63. The molecule has 0 aliphatic rings. The molecule has 0 bridgehead atoms. The molecule has 4 nitrogen and oxygen atoms in total. The summed E-state index contributed by atoms with van der Waals surface area (Å²) in [5.74, 6) is -3.71. The van der Waals surface area contributed by atoms with Gasteiger partial charge in [0.05, 0.1) is 11.0 Å². The van der Waals surface area contributed by atoms with Crippen molar-refractivity contribution in [1.82, 2.24) is 9.55 Å². The van der Waals surface area contributed by atoms with E-state index in [2.05, 4.69) is 4.98 Å². The van der Waals surface area contributed by atoms with Crippen LogP contribution in [-0.4, -0.2) is 15.5 Å². The summed E-state index contributed by atoms with van der Waals surface area (Å²) in [6.45, 7) is -1.62. The van der Waals surface area contributed by atoms with Gasteiger partial charge in [-0.05, 0) is 31.2 Å². The van der Waals surface area contributed by atoms with Crippen molar-refractivity contribution >= 4 is 17.0 Å². The number of halogens is 4. The molecule has 2 aromatic carbocycles. The van der Waals surface area contributed by atoms with Gasteiger partial charge in [0.25, 0.3) is 0 Å². The van der Waals surface area contributed by atoms with Gasteiger partial charge in [-0.3, -0.25) is 4.57 Å². The number of ether oxygens (including phenoxy) is 1. The van der Waals surface area contributed by atoms with Gasteiger partial charge in [-0.2, -0.15) is 8.78 Å². The van der Waals surface area contributed by atoms with Crippen molar-refractivity contribution in [3.63, 3.8) is 0 Å². The molecule has 0 spiro atoms. The first-order valence-electron chi connectivity index (χ1n) is 7.30. The lowest BCUT2D eigenvalue weighted by molar-refractivity contribution is 0.0224. The first kappa shape index (κ1) is 16.9. The fourth-order valence-corrected chi connectivity index (χ4v) is 2.52. The number of imidazole rings is 1. The highest BCUT2D eigenvalue weighted by Crippen LogP contribution is 2.29. The lowest BCUT2D eigenvalue weighted by Gasteiger charge is -2.15. The number of para-hydroxylation sites is 2. The van der Waals surface area contributed by atoms with Crippen molar-refractivity contribution in [3.05, 3.63) is 65.5 Å². The molecule has 1 atom stereocenters. The van der Waals surface area contributed by atoms with Crippen LogP contribution < -0.4 is 0 Å². The normalized spacial score (nSPS) is 12.6. The molecule has 8 heteroatoms. The summed E-state index contributed by atoms with van der Waals surface area (Å²) < 4.78 is 59.7. The van der Waals surface area contributed by atoms with E-state index in [1.807, 2.05) is 0 Å². The molecule has 0 unspecified atom stereocenters. The minimum absolute atomic E-state index is 0.160. The highest BCUT2D eigenvalue weighted by Gasteiger charge is 2.26. The van der Waals surface area contributed by atoms with E-state index < -0.39 is 35.8 Å². The monoisotopic (exact) mass is 352 g/mol. The number of alkyl halides is 2. The molecule has 0 fully saturated rings. The molecule has 130 valence electrons. The summed E-state index contributed by atoms with van der Waals surface area (Å²) >= 11 is 0. The number of rotatable bonds is 4. The lowest BCUT2D eigenvalue weighted by atomic mass is 10.2. The Morgan fingerprint density at radius 2 is 1.72 bits per heavy atom. The van der Waals surface area contributed by atoms with E-state index in [1.54, 1.807) is 12.1 Å². The van der Waals surface area contributed by atoms with Crippen LogP contribution in [0.15, 0.2) is 42.5 Å². The number of carbonyl (C=O) groups excluding carboxylic acids is 1. The molecular formula is C17H12F4N2O2. The van der Waals surface area contributed by atoms with Gasteiger partial charge in [0, 0.05) is 0 Å². The Labute approximate surface area is 139 Å². The maximum absolute atomic E-state index is 13.6. The van der Waals surface area contributed by atoms with Gasteiger partial charge in [-0.25, -0.2) is 18.6 Å². The van der Waals surface area contributed by atoms with Crippen molar-refractivity contribution in [3.8, 4) is 0 Å². The van der Waals surface area contributed by atoms with Crippen molar-refractivity contribution in [2.45, 2.75) is 19.6 Å². The van der Waals surface area contributed by atoms with E-state index in [1.165, 1.54) is 19.1 Å². The van der Waals surface area contributed by atoms with Crippen molar-refractivity contribution in [1.29, 1.82) is 0 Å². The molecular weight excluding hydrogens is 340 g/mol. The summed E-state index contributed by atoms with van der Waals surface area (Å²) in [7, 11) is 0. The number of carbonyl (C=O) groups is 1. The van der Waals surface area contributed by atoms with E-state index in [0.29, 0.717) is 4.57 Å². The van der Waals surface area contributed by atoms with Crippen LogP contribution in [0.5, 0.6) is 0 Å². The SMILES string of the molecule is C[C@H](OC(=O)c1c(F)cccc1F)c1nc2ccccc2n1C(F)F. The predicted molar refractivity (Wildman–Crippen MR) is 81.2 cm³/mol. The third-order valence-corrected chi connectivity index (χ3v) is 3.63. The summed E-state index contributed by atoms with van der Waals surface area (Å²) in [6, 6.07) is 9.07. The van der Waals surface area contributed by atoms with Crippen LogP contribution in [0.3, 0.4) is 0 Å². The van der Waals surface area contributed by atoms with Gasteiger partial charge in [0.15, 0.2) is 11.9 Å². The summed E-state index contributed by atoms with van der Waals surface area (Å²) in [5.41, 5.74) is -0.431. The van der Waals surface area contributed by atoms with E-state index >= 15 is 0 Å². The molecule has 3 rings (SSSR count). The summed E-state index contributed by atoms with van der Waals surface area (Å²) in [5, 5.41) is 0. The number of fused-ring (bicyclic) bond motifs is 1. The number of hydrogen-bond acceptors (Lipinski definition) is 3. The number of benzene rings is 2. The average molecular weight is 352 g/mol. The Hall–Kier alpha value is -2.90. The fraction of sp³-hybridized carbons (Fsp3) is 0.176. The molecule has 3 aromatic rings. The molecule has 1 heterocycles. The van der Waals surface area contributed by atoms with Gasteiger partial charge in [0.2, 0.25) is 0 Å². The van der Waals surface area contributed by atoms with Crippen molar-refractivity contribution in [2.24, 2.45) is 0 Å². The predicted octanol–water partition coefficient (Wildman–Crippen LogP) is 4.63. The number of nitrogens with zero attached hydrogens (tertiary/aromatic N) is 2. The molecule has 0 N–H and O–H groups in total. The van der Waals surface area contributed by atoms with Gasteiger partial charge in [-0.1, -0.05) is 18.2 Å². The maximum atomic E-state index is 13.6. The van der Waals surface area contributed by atoms with Crippen LogP contribution in [0.4, 0.5) is 17.6 Å². The Balaban J connectivity index is 1.96. The molecule has 0 radical (unpaired) electrons. The molecule has 0 aliphatic heterocycles. The van der Waals surface area contributed by atoms with E-state index in [9.17, 15) is 22.4 Å². The molecule has 25 heavy (non-hydrogen) atoms. The second-order valence-electron chi connectivity index (χ2n) is 5.25. The van der Waals surface area contributed by atoms with Crippen molar-refractivity contribution in [2.75, 3.05) is 0 Å². The third kappa shape index (κ3) is 3.07. The first-order valence-corrected chi connectivity index (χ1v) is 7.30. The standard InChI is InChI=1S/C17H12F4N2O2/c1-9(25-16(24)14-10(18)5-4-6-11(14)19)15-22-12-7-2-3-8-13(12)23(15)17(20)21/h2-9,17H,1H3/t9-/m0/s1. The van der Waals surface area contributed by atoms with Crippen LogP contribution in [0.1, 0.15) is 35.8 Å². The second-order valence-corrected chi connectivity index (χ2v) is 5.25. The Bertz CT molecular complexity index is 919. The Morgan fingerprint density at radius 3 is 2.36 bits per heavy atom. The van der Waals surface area contributed by atoms with Crippen LogP contribution in [0.2, 0.25) is 0 Å². The summed E-state index contributed by atoms with van der Waals surface area (Å²) in [6.07, 6.45) is -1.24. The van der Waals surface area contributed by atoms with Gasteiger partial charge in [0.1, 0.15) is 17.2 Å². The number of esters is 1. The first-order chi connectivity index (χ1) is 11.9.